The van der Waals surface area contributed by atoms with Crippen LogP contribution in [0.3, 0.4) is 0 Å². The maximum atomic E-state index is 9.83. The fourth-order valence-corrected chi connectivity index (χ4v) is 3.76. The summed E-state index contributed by atoms with van der Waals surface area (Å²) in [6, 6.07) is 1.61. The van der Waals surface area contributed by atoms with E-state index in [4.69, 9.17) is 0 Å². The zero-order valence-electron chi connectivity index (χ0n) is 15.6. The van der Waals surface area contributed by atoms with Crippen molar-refractivity contribution < 1.29 is 5.11 Å². The molecule has 0 aromatic rings. The van der Waals surface area contributed by atoms with E-state index in [-0.39, 0.29) is 0 Å². The van der Waals surface area contributed by atoms with E-state index in [9.17, 15) is 5.11 Å². The summed E-state index contributed by atoms with van der Waals surface area (Å²) in [5.74, 6) is 0. The molecule has 1 unspecified atom stereocenters. The van der Waals surface area contributed by atoms with Gasteiger partial charge in [0.1, 0.15) is 0 Å². The maximum Gasteiger partial charge on any atom is 0.0599 e. The predicted octanol–water partition coefficient (Wildman–Crippen LogP) is 3.90. The molecular formula is C19H40N2O. The van der Waals surface area contributed by atoms with Gasteiger partial charge in [-0.15, -0.1) is 0 Å². The molecular weight excluding hydrogens is 272 g/mol. The zero-order valence-corrected chi connectivity index (χ0v) is 15.6. The molecule has 0 aliphatic carbocycles. The van der Waals surface area contributed by atoms with Gasteiger partial charge in [-0.3, -0.25) is 9.80 Å². The first-order chi connectivity index (χ1) is 10.6. The van der Waals surface area contributed by atoms with E-state index < -0.39 is 0 Å². The Labute approximate surface area is 139 Å². The molecule has 1 aliphatic rings. The molecule has 1 saturated heterocycles. The van der Waals surface area contributed by atoms with Gasteiger partial charge in [0, 0.05) is 37.8 Å². The van der Waals surface area contributed by atoms with Crippen LogP contribution < -0.4 is 0 Å². The quantitative estimate of drug-likeness (QED) is 0.586. The second-order valence-corrected chi connectivity index (χ2v) is 7.26. The van der Waals surface area contributed by atoms with Crippen molar-refractivity contribution >= 4 is 0 Å². The van der Waals surface area contributed by atoms with Gasteiger partial charge in [0.25, 0.3) is 0 Å². The van der Waals surface area contributed by atoms with Crippen LogP contribution in [0.4, 0.5) is 0 Å². The highest BCUT2D eigenvalue weighted by Gasteiger charge is 2.31. The van der Waals surface area contributed by atoms with Crippen molar-refractivity contribution in [3.05, 3.63) is 0 Å². The molecule has 0 amide bonds. The summed E-state index contributed by atoms with van der Waals surface area (Å²) >= 11 is 0. The Balaban J connectivity index is 2.42. The number of unbranched alkanes of at least 4 members (excludes halogenated alkanes) is 4. The van der Waals surface area contributed by atoms with Crippen LogP contribution in [0.1, 0.15) is 79.1 Å². The van der Waals surface area contributed by atoms with Crippen molar-refractivity contribution in [2.45, 2.75) is 97.2 Å². The number of hydrogen-bond donors (Lipinski definition) is 1. The molecule has 3 nitrogen and oxygen atoms in total. The standard InChI is InChI=1S/C19H40N2O/c1-5-7-9-11-17(3)20-13-14-21(19(15-20)16-22)18(4)12-10-8-6-2/h17-19,22H,5-16H2,1-4H3/t17-,18+,19?/m1/s1. The molecule has 1 fully saturated rings. The van der Waals surface area contributed by atoms with E-state index in [0.717, 1.165) is 13.1 Å². The smallest absolute Gasteiger partial charge is 0.0599 e. The number of nitrogens with zero attached hydrogens (tertiary/aromatic N) is 2. The van der Waals surface area contributed by atoms with Gasteiger partial charge in [-0.1, -0.05) is 52.4 Å². The topological polar surface area (TPSA) is 26.7 Å². The number of piperazine rings is 1. The van der Waals surface area contributed by atoms with E-state index in [1.54, 1.807) is 0 Å². The molecule has 132 valence electrons. The maximum absolute atomic E-state index is 9.83. The molecule has 0 bridgehead atoms. The Bertz CT molecular complexity index is 272. The van der Waals surface area contributed by atoms with Crippen LogP contribution in [0.5, 0.6) is 0 Å². The average Bonchev–Trinajstić information content (AvgIpc) is 2.54. The monoisotopic (exact) mass is 312 g/mol. The third kappa shape index (κ3) is 6.55. The normalized spacial score (nSPS) is 23.6. The molecule has 0 spiro atoms. The lowest BCUT2D eigenvalue weighted by atomic mass is 10.0. The third-order valence-electron chi connectivity index (χ3n) is 5.41. The van der Waals surface area contributed by atoms with Gasteiger partial charge >= 0.3 is 0 Å². The molecule has 0 radical (unpaired) electrons. The van der Waals surface area contributed by atoms with Gasteiger partial charge in [0.15, 0.2) is 0 Å². The molecule has 1 heterocycles. The van der Waals surface area contributed by atoms with Crippen molar-refractivity contribution in [3.63, 3.8) is 0 Å². The lowest BCUT2D eigenvalue weighted by Crippen LogP contribution is -2.58. The molecule has 1 aliphatic heterocycles. The fraction of sp³-hybridized carbons (Fsp3) is 1.00. The molecule has 22 heavy (non-hydrogen) atoms. The van der Waals surface area contributed by atoms with Crippen molar-refractivity contribution in [1.82, 2.24) is 9.80 Å². The summed E-state index contributed by atoms with van der Waals surface area (Å²) in [5, 5.41) is 9.83. The molecule has 1 rings (SSSR count). The van der Waals surface area contributed by atoms with Crippen LogP contribution >= 0.6 is 0 Å². The summed E-state index contributed by atoms with van der Waals surface area (Å²) in [4.78, 5) is 5.16. The van der Waals surface area contributed by atoms with E-state index in [0.29, 0.717) is 24.7 Å². The second kappa shape index (κ2) is 11.4. The van der Waals surface area contributed by atoms with E-state index in [1.807, 2.05) is 0 Å². The van der Waals surface area contributed by atoms with Crippen LogP contribution in [-0.2, 0) is 0 Å². The van der Waals surface area contributed by atoms with Gasteiger partial charge in [-0.25, -0.2) is 0 Å². The molecule has 0 aromatic carbocycles. The van der Waals surface area contributed by atoms with Gasteiger partial charge in [0.2, 0.25) is 0 Å². The van der Waals surface area contributed by atoms with Gasteiger partial charge < -0.3 is 5.11 Å². The summed E-state index contributed by atoms with van der Waals surface area (Å²) in [7, 11) is 0. The van der Waals surface area contributed by atoms with Crippen molar-refractivity contribution in [2.24, 2.45) is 0 Å². The largest absolute Gasteiger partial charge is 0.395 e. The van der Waals surface area contributed by atoms with Crippen molar-refractivity contribution in [2.75, 3.05) is 26.2 Å². The highest BCUT2D eigenvalue weighted by atomic mass is 16.3. The fourth-order valence-electron chi connectivity index (χ4n) is 3.76. The van der Waals surface area contributed by atoms with Crippen molar-refractivity contribution in [1.29, 1.82) is 0 Å². The van der Waals surface area contributed by atoms with E-state index in [1.165, 1.54) is 57.9 Å². The lowest BCUT2D eigenvalue weighted by Gasteiger charge is -2.45. The predicted molar refractivity (Wildman–Crippen MR) is 96.4 cm³/mol. The number of rotatable bonds is 11. The SMILES string of the molecule is CCCCC[C@@H](C)N1CCN([C@@H](C)CCCCC)C(CO)C1. The minimum absolute atomic E-state index is 0.302. The first kappa shape index (κ1) is 19.9. The van der Waals surface area contributed by atoms with Crippen LogP contribution in [-0.4, -0.2) is 59.3 Å². The second-order valence-electron chi connectivity index (χ2n) is 7.26. The molecule has 1 N–H and O–H groups in total. The van der Waals surface area contributed by atoms with E-state index in [2.05, 4.69) is 37.5 Å². The summed E-state index contributed by atoms with van der Waals surface area (Å²) < 4.78 is 0. The average molecular weight is 313 g/mol. The molecule has 0 saturated carbocycles. The Morgan fingerprint density at radius 3 is 2.05 bits per heavy atom. The number of aliphatic hydroxyl groups excluding tert-OH is 1. The minimum Gasteiger partial charge on any atom is -0.395 e. The minimum atomic E-state index is 0.302. The first-order valence-electron chi connectivity index (χ1n) is 9.74. The summed E-state index contributed by atoms with van der Waals surface area (Å²) in [6.45, 7) is 12.9. The van der Waals surface area contributed by atoms with Gasteiger partial charge in [0.05, 0.1) is 6.61 Å². The molecule has 3 heteroatoms. The first-order valence-corrected chi connectivity index (χ1v) is 9.74. The molecule has 0 aromatic heterocycles. The van der Waals surface area contributed by atoms with Crippen LogP contribution in [0.2, 0.25) is 0 Å². The highest BCUT2D eigenvalue weighted by Crippen LogP contribution is 2.20. The number of hydrogen-bond acceptors (Lipinski definition) is 3. The summed E-state index contributed by atoms with van der Waals surface area (Å²) in [6.07, 6.45) is 10.5. The highest BCUT2D eigenvalue weighted by molar-refractivity contribution is 4.86. The zero-order chi connectivity index (χ0) is 16.4. The Morgan fingerprint density at radius 1 is 0.909 bits per heavy atom. The Kier molecular flexibility index (Phi) is 10.3. The summed E-state index contributed by atoms with van der Waals surface area (Å²) in [5.41, 5.74) is 0. The van der Waals surface area contributed by atoms with Gasteiger partial charge in [-0.2, -0.15) is 0 Å². The Hall–Kier alpha value is -0.120. The van der Waals surface area contributed by atoms with Crippen LogP contribution in [0, 0.1) is 0 Å². The Morgan fingerprint density at radius 2 is 1.50 bits per heavy atom. The van der Waals surface area contributed by atoms with Gasteiger partial charge in [-0.05, 0) is 26.7 Å². The van der Waals surface area contributed by atoms with E-state index >= 15 is 0 Å². The molecule has 3 atom stereocenters. The van der Waals surface area contributed by atoms with Crippen LogP contribution in [0.25, 0.3) is 0 Å². The third-order valence-corrected chi connectivity index (χ3v) is 5.41. The lowest BCUT2D eigenvalue weighted by molar-refractivity contribution is -0.00117. The van der Waals surface area contributed by atoms with Crippen molar-refractivity contribution in [3.8, 4) is 0 Å². The number of aliphatic hydroxyl groups is 1. The van der Waals surface area contributed by atoms with Crippen LogP contribution in [0.15, 0.2) is 0 Å².